The molecule has 0 aromatic carbocycles. The van der Waals surface area contributed by atoms with Crippen LogP contribution in [0.1, 0.15) is 32.6 Å². The van der Waals surface area contributed by atoms with Crippen molar-refractivity contribution < 1.29 is 18.3 Å². The predicted octanol–water partition coefficient (Wildman–Crippen LogP) is 0.350. The second kappa shape index (κ2) is 5.76. The van der Waals surface area contributed by atoms with Crippen molar-refractivity contribution in [1.29, 1.82) is 0 Å². The maximum atomic E-state index is 12.1. The number of rotatable bonds is 4. The minimum Gasteiger partial charge on any atom is -0.480 e. The SMILES string of the molecule is CC(C(=O)O)S(=O)(=O)N1CCC(N2CCCC2)CC1. The first-order chi connectivity index (χ1) is 8.93. The molecule has 110 valence electrons. The second-order valence-electron chi connectivity index (χ2n) is 5.40. The van der Waals surface area contributed by atoms with Gasteiger partial charge in [-0.2, -0.15) is 0 Å². The number of nitrogens with zero attached hydrogens (tertiary/aromatic N) is 2. The molecule has 0 amide bonds. The fourth-order valence-corrected chi connectivity index (χ4v) is 4.34. The van der Waals surface area contributed by atoms with Crippen molar-refractivity contribution in [2.75, 3.05) is 26.2 Å². The van der Waals surface area contributed by atoms with Crippen LogP contribution in [0.25, 0.3) is 0 Å². The summed E-state index contributed by atoms with van der Waals surface area (Å²) in [4.78, 5) is 13.3. The highest BCUT2D eigenvalue weighted by Gasteiger charge is 2.37. The highest BCUT2D eigenvalue weighted by atomic mass is 32.2. The van der Waals surface area contributed by atoms with Gasteiger partial charge in [0.1, 0.15) is 0 Å². The number of carboxylic acid groups (broad SMARTS) is 1. The van der Waals surface area contributed by atoms with Gasteiger partial charge < -0.3 is 10.0 Å². The van der Waals surface area contributed by atoms with Gasteiger partial charge in [-0.25, -0.2) is 12.7 Å². The van der Waals surface area contributed by atoms with Crippen LogP contribution in [0.15, 0.2) is 0 Å². The van der Waals surface area contributed by atoms with E-state index < -0.39 is 21.2 Å². The van der Waals surface area contributed by atoms with Crippen LogP contribution in [-0.4, -0.2) is 66.2 Å². The van der Waals surface area contributed by atoms with Crippen LogP contribution >= 0.6 is 0 Å². The number of hydrogen-bond donors (Lipinski definition) is 1. The van der Waals surface area contributed by atoms with Gasteiger partial charge in [0.15, 0.2) is 5.25 Å². The molecule has 0 saturated carbocycles. The number of piperidine rings is 1. The number of aliphatic carboxylic acids is 1. The second-order valence-corrected chi connectivity index (χ2v) is 7.65. The maximum absolute atomic E-state index is 12.1. The van der Waals surface area contributed by atoms with Gasteiger partial charge in [-0.05, 0) is 45.7 Å². The Kier molecular flexibility index (Phi) is 4.47. The molecular formula is C12H22N2O4S. The first-order valence-corrected chi connectivity index (χ1v) is 8.39. The molecule has 19 heavy (non-hydrogen) atoms. The van der Waals surface area contributed by atoms with E-state index in [4.69, 9.17) is 5.11 Å². The van der Waals surface area contributed by atoms with E-state index in [1.165, 1.54) is 24.1 Å². The van der Waals surface area contributed by atoms with E-state index in [0.717, 1.165) is 25.9 Å². The zero-order chi connectivity index (χ0) is 14.0. The molecular weight excluding hydrogens is 268 g/mol. The third kappa shape index (κ3) is 3.09. The van der Waals surface area contributed by atoms with Crippen molar-refractivity contribution in [2.45, 2.75) is 43.9 Å². The minimum absolute atomic E-state index is 0.446. The Hall–Kier alpha value is -0.660. The smallest absolute Gasteiger partial charge is 0.323 e. The average Bonchev–Trinajstić information content (AvgIpc) is 2.91. The van der Waals surface area contributed by atoms with Crippen molar-refractivity contribution in [3.63, 3.8) is 0 Å². The third-order valence-electron chi connectivity index (χ3n) is 4.23. The van der Waals surface area contributed by atoms with Gasteiger partial charge in [-0.3, -0.25) is 4.79 Å². The Morgan fingerprint density at radius 1 is 1.16 bits per heavy atom. The van der Waals surface area contributed by atoms with Crippen molar-refractivity contribution in [2.24, 2.45) is 0 Å². The molecule has 0 aromatic rings. The number of sulfonamides is 1. The Bertz CT molecular complexity index is 423. The number of carbonyl (C=O) groups is 1. The molecule has 2 saturated heterocycles. The summed E-state index contributed by atoms with van der Waals surface area (Å²) in [5.74, 6) is -1.28. The lowest BCUT2D eigenvalue weighted by atomic mass is 10.1. The monoisotopic (exact) mass is 290 g/mol. The van der Waals surface area contributed by atoms with Crippen LogP contribution in [-0.2, 0) is 14.8 Å². The number of carboxylic acids is 1. The van der Waals surface area contributed by atoms with Crippen LogP contribution in [0, 0.1) is 0 Å². The molecule has 1 atom stereocenters. The molecule has 0 aromatic heterocycles. The van der Waals surface area contributed by atoms with Crippen LogP contribution in [0.2, 0.25) is 0 Å². The third-order valence-corrected chi connectivity index (χ3v) is 6.42. The van der Waals surface area contributed by atoms with Gasteiger partial charge in [-0.1, -0.05) is 0 Å². The molecule has 2 rings (SSSR count). The maximum Gasteiger partial charge on any atom is 0.323 e. The first-order valence-electron chi connectivity index (χ1n) is 6.88. The molecule has 1 unspecified atom stereocenters. The number of likely N-dealkylation sites (tertiary alicyclic amines) is 1. The van der Waals surface area contributed by atoms with E-state index in [0.29, 0.717) is 19.1 Å². The highest BCUT2D eigenvalue weighted by molar-refractivity contribution is 7.90. The lowest BCUT2D eigenvalue weighted by Gasteiger charge is -2.36. The number of hydrogen-bond acceptors (Lipinski definition) is 4. The molecule has 7 heteroatoms. The zero-order valence-corrected chi connectivity index (χ0v) is 12.1. The molecule has 2 fully saturated rings. The summed E-state index contributed by atoms with van der Waals surface area (Å²) in [5.41, 5.74) is 0. The summed E-state index contributed by atoms with van der Waals surface area (Å²) in [6, 6.07) is 0.467. The van der Waals surface area contributed by atoms with Crippen LogP contribution in [0.5, 0.6) is 0 Å². The molecule has 6 nitrogen and oxygen atoms in total. The van der Waals surface area contributed by atoms with Crippen molar-refractivity contribution in [1.82, 2.24) is 9.21 Å². The quantitative estimate of drug-likeness (QED) is 0.808. The fraction of sp³-hybridized carbons (Fsp3) is 0.917. The van der Waals surface area contributed by atoms with E-state index in [1.807, 2.05) is 0 Å². The first kappa shape index (κ1) is 14.7. The zero-order valence-electron chi connectivity index (χ0n) is 11.3. The summed E-state index contributed by atoms with van der Waals surface area (Å²) in [6.45, 7) is 4.36. The molecule has 2 heterocycles. The lowest BCUT2D eigenvalue weighted by molar-refractivity contribution is -0.136. The molecule has 0 bridgehead atoms. The van der Waals surface area contributed by atoms with E-state index in [-0.39, 0.29) is 0 Å². The Morgan fingerprint density at radius 3 is 2.16 bits per heavy atom. The van der Waals surface area contributed by atoms with E-state index in [9.17, 15) is 13.2 Å². The summed E-state index contributed by atoms with van der Waals surface area (Å²) in [6.07, 6.45) is 4.08. The lowest BCUT2D eigenvalue weighted by Crippen LogP contribution is -2.49. The minimum atomic E-state index is -3.69. The van der Waals surface area contributed by atoms with E-state index >= 15 is 0 Å². The largest absolute Gasteiger partial charge is 0.480 e. The summed E-state index contributed by atoms with van der Waals surface area (Å²) in [5, 5.41) is 7.51. The summed E-state index contributed by atoms with van der Waals surface area (Å²) in [7, 11) is -3.69. The van der Waals surface area contributed by atoms with E-state index in [1.54, 1.807) is 0 Å². The van der Waals surface area contributed by atoms with Crippen molar-refractivity contribution in [3.8, 4) is 0 Å². The topological polar surface area (TPSA) is 77.9 Å². The Balaban J connectivity index is 1.94. The highest BCUT2D eigenvalue weighted by Crippen LogP contribution is 2.23. The van der Waals surface area contributed by atoms with Crippen molar-refractivity contribution in [3.05, 3.63) is 0 Å². The molecule has 0 spiro atoms. The Morgan fingerprint density at radius 2 is 1.68 bits per heavy atom. The molecule has 1 N–H and O–H groups in total. The molecule has 2 aliphatic heterocycles. The summed E-state index contributed by atoms with van der Waals surface area (Å²) < 4.78 is 25.5. The van der Waals surface area contributed by atoms with Gasteiger partial charge in [0, 0.05) is 19.1 Å². The normalized spacial score (nSPS) is 25.5. The van der Waals surface area contributed by atoms with Gasteiger partial charge in [0.05, 0.1) is 0 Å². The predicted molar refractivity (Wildman–Crippen MR) is 71.4 cm³/mol. The Labute approximate surface area is 114 Å². The van der Waals surface area contributed by atoms with Crippen LogP contribution in [0.3, 0.4) is 0 Å². The molecule has 0 aliphatic carbocycles. The van der Waals surface area contributed by atoms with Gasteiger partial charge in [-0.15, -0.1) is 0 Å². The van der Waals surface area contributed by atoms with Crippen LogP contribution in [0.4, 0.5) is 0 Å². The van der Waals surface area contributed by atoms with Gasteiger partial charge in [0.25, 0.3) is 0 Å². The van der Waals surface area contributed by atoms with Crippen molar-refractivity contribution >= 4 is 16.0 Å². The molecule has 0 radical (unpaired) electrons. The average molecular weight is 290 g/mol. The van der Waals surface area contributed by atoms with Crippen LogP contribution < -0.4 is 0 Å². The standard InChI is InChI=1S/C12H22N2O4S/c1-10(12(15)16)19(17,18)14-8-4-11(5-9-14)13-6-2-3-7-13/h10-11H,2-9H2,1H3,(H,15,16). The fourth-order valence-electron chi connectivity index (χ4n) is 2.92. The van der Waals surface area contributed by atoms with E-state index in [2.05, 4.69) is 4.90 Å². The molecule has 2 aliphatic rings. The van der Waals surface area contributed by atoms with Gasteiger partial charge >= 0.3 is 5.97 Å². The summed E-state index contributed by atoms with van der Waals surface area (Å²) >= 11 is 0. The van der Waals surface area contributed by atoms with Gasteiger partial charge in [0.2, 0.25) is 10.0 Å².